The molecule has 0 bridgehead atoms. The van der Waals surface area contributed by atoms with E-state index in [0.717, 1.165) is 0 Å². The van der Waals surface area contributed by atoms with Crippen LogP contribution < -0.4 is 0 Å². The van der Waals surface area contributed by atoms with E-state index < -0.39 is 9.13 Å². The molecule has 0 heterocycles. The molecule has 0 aromatic heterocycles. The van der Waals surface area contributed by atoms with E-state index in [-0.39, 0.29) is 5.34 Å². The molecule has 0 saturated carbocycles. The van der Waals surface area contributed by atoms with Crippen LogP contribution in [0.25, 0.3) is 0 Å². The highest BCUT2D eigenvalue weighted by Gasteiger charge is 1.88. The van der Waals surface area contributed by atoms with Gasteiger partial charge >= 0.3 is 0 Å². The molecule has 0 aliphatic carbocycles. The van der Waals surface area contributed by atoms with Gasteiger partial charge in [-0.05, 0) is 0 Å². The highest BCUT2D eigenvalue weighted by molar-refractivity contribution is 6.63. The van der Waals surface area contributed by atoms with Crippen LogP contribution in [0, 0.1) is 0 Å². The fourth-order valence-electron chi connectivity index (χ4n) is 0. The third-order valence-electron chi connectivity index (χ3n) is 0.117. The van der Waals surface area contributed by atoms with E-state index in [1.54, 1.807) is 0 Å². The minimum Gasteiger partial charge on any atom is -0.124 e. The first-order valence-electron chi connectivity index (χ1n) is 2.30. The van der Waals surface area contributed by atoms with Crippen LogP contribution >= 0.6 is 92.8 Å². The molecule has 0 aliphatic rings. The molecule has 0 fully saturated rings. The average Bonchev–Trinajstić information content (AvgIpc) is 1.88. The molecule has 0 N–H and O–H groups in total. The normalized spacial score (nSPS) is 8.50. The van der Waals surface area contributed by atoms with Gasteiger partial charge in [0.2, 0.25) is 0 Å². The Bertz CT molecular complexity index is 52.3. The van der Waals surface area contributed by atoms with Crippen LogP contribution in [0.15, 0.2) is 0 Å². The minimum atomic E-state index is -0.750. The fourth-order valence-corrected chi connectivity index (χ4v) is 0. The molecule has 0 nitrogen and oxygen atoms in total. The van der Waals surface area contributed by atoms with E-state index in [4.69, 9.17) is 92.8 Å². The second kappa shape index (κ2) is 19.0. The number of rotatable bonds is 1. The largest absolute Gasteiger partial charge is 0.180 e. The lowest BCUT2D eigenvalue weighted by Crippen LogP contribution is -1.82. The average molecular weight is 338 g/mol. The van der Waals surface area contributed by atoms with Gasteiger partial charge in [0.05, 0.1) is 11.2 Å². The maximum atomic E-state index is 5.10. The quantitative estimate of drug-likeness (QED) is 0.559. The van der Waals surface area contributed by atoms with Gasteiger partial charge in [-0.3, -0.25) is 0 Å². The van der Waals surface area contributed by atoms with Gasteiger partial charge < -0.3 is 0 Å². The van der Waals surface area contributed by atoms with Gasteiger partial charge in [0, 0.05) is 0 Å². The van der Waals surface area contributed by atoms with Crippen LogP contribution in [0.4, 0.5) is 0 Å². The third kappa shape index (κ3) is 84.6. The predicted molar refractivity (Wildman–Crippen MR) is 64.1 cm³/mol. The van der Waals surface area contributed by atoms with Crippen molar-refractivity contribution in [2.75, 3.05) is 11.2 Å². The summed E-state index contributed by atoms with van der Waals surface area (Å²) in [6.45, 7) is 0. The standard InChI is InChI=1S/C2H3Cl3.CHCl3.CH2Cl2/c3-1-2(4)5;2-1(3)4;2-1-3/h2H,1H2;1H;1H2. The lowest BCUT2D eigenvalue weighted by molar-refractivity contribution is 1.40. The van der Waals surface area contributed by atoms with Crippen LogP contribution in [0.5, 0.6) is 0 Å². The SMILES string of the molecule is ClC(Cl)Cl.ClCC(Cl)Cl.ClCCl. The van der Waals surface area contributed by atoms with Crippen molar-refractivity contribution < 1.29 is 0 Å². The van der Waals surface area contributed by atoms with Gasteiger partial charge in [0.25, 0.3) is 0 Å². The Balaban J connectivity index is -0.000000105. The van der Waals surface area contributed by atoms with Crippen LogP contribution in [-0.2, 0) is 0 Å². The summed E-state index contributed by atoms with van der Waals surface area (Å²) in [7, 11) is 0. The first-order valence-corrected chi connectivity index (χ1v) is 6.09. The van der Waals surface area contributed by atoms with E-state index in [1.807, 2.05) is 0 Å². The molecular weight excluding hydrogens is 332 g/mol. The van der Waals surface area contributed by atoms with Gasteiger partial charge in [0.15, 0.2) is 4.30 Å². The molecular formula is C4H6Cl8. The Morgan fingerprint density at radius 2 is 0.833 bits per heavy atom. The Hall–Kier alpha value is 2.32. The van der Waals surface area contributed by atoms with Gasteiger partial charge in [-0.2, -0.15) is 0 Å². The Kier molecular flexibility index (Phi) is 31.4. The summed E-state index contributed by atoms with van der Waals surface area (Å²) in [5, 5.41) is 0.194. The molecule has 0 atom stereocenters. The fraction of sp³-hybridized carbons (Fsp3) is 1.00. The maximum Gasteiger partial charge on any atom is 0.180 e. The first-order chi connectivity index (χ1) is 5.42. The summed E-state index contributed by atoms with van der Waals surface area (Å²) in [5.74, 6) is 0.309. The number of hydrogen-bond acceptors (Lipinski definition) is 0. The number of hydrogen-bond donors (Lipinski definition) is 0. The highest BCUT2D eigenvalue weighted by Crippen LogP contribution is 2.03. The Morgan fingerprint density at radius 1 is 0.750 bits per heavy atom. The third-order valence-corrected chi connectivity index (χ3v) is 1.05. The first kappa shape index (κ1) is 19.8. The molecule has 8 heteroatoms. The summed E-state index contributed by atoms with van der Waals surface area (Å²) >= 11 is 39.2. The van der Waals surface area contributed by atoms with Crippen molar-refractivity contribution in [2.24, 2.45) is 0 Å². The summed E-state index contributed by atoms with van der Waals surface area (Å²) < 4.78 is -0.750. The van der Waals surface area contributed by atoms with Crippen molar-refractivity contribution in [1.82, 2.24) is 0 Å². The van der Waals surface area contributed by atoms with Gasteiger partial charge in [-0.25, -0.2) is 0 Å². The maximum absolute atomic E-state index is 5.10. The number of halogens is 8. The predicted octanol–water partition coefficient (Wildman–Crippen LogP) is 5.44. The van der Waals surface area contributed by atoms with E-state index in [0.29, 0.717) is 5.88 Å². The van der Waals surface area contributed by atoms with Crippen LogP contribution in [0.1, 0.15) is 0 Å². The lowest BCUT2D eigenvalue weighted by Gasteiger charge is -1.82. The molecule has 0 rings (SSSR count). The molecule has 0 spiro atoms. The van der Waals surface area contributed by atoms with Crippen molar-refractivity contribution in [1.29, 1.82) is 0 Å². The van der Waals surface area contributed by atoms with Crippen molar-refractivity contribution in [2.45, 2.75) is 9.13 Å². The van der Waals surface area contributed by atoms with Gasteiger partial charge in [0.1, 0.15) is 4.84 Å². The summed E-state index contributed by atoms with van der Waals surface area (Å²) in [4.78, 5) is -0.406. The molecule has 0 saturated heterocycles. The van der Waals surface area contributed by atoms with Gasteiger partial charge in [-0.15, -0.1) is 58.0 Å². The minimum absolute atomic E-state index is 0.194. The zero-order chi connectivity index (χ0) is 10.6. The monoisotopic (exact) mass is 334 g/mol. The Morgan fingerprint density at radius 3 is 0.833 bits per heavy atom. The molecule has 12 heavy (non-hydrogen) atoms. The van der Waals surface area contributed by atoms with Crippen molar-refractivity contribution in [3.8, 4) is 0 Å². The van der Waals surface area contributed by atoms with Crippen LogP contribution in [-0.4, -0.2) is 20.4 Å². The Labute approximate surface area is 112 Å². The molecule has 0 aromatic carbocycles. The summed E-state index contributed by atoms with van der Waals surface area (Å²) in [6.07, 6.45) is 0. The smallest absolute Gasteiger partial charge is 0.124 e. The molecule has 0 radical (unpaired) electrons. The molecule has 0 unspecified atom stereocenters. The van der Waals surface area contributed by atoms with Crippen LogP contribution in [0.2, 0.25) is 0 Å². The molecule has 78 valence electrons. The molecule has 0 aromatic rings. The molecule has 0 amide bonds. The zero-order valence-electron chi connectivity index (χ0n) is 5.59. The summed E-state index contributed by atoms with van der Waals surface area (Å²) in [6, 6.07) is 0. The van der Waals surface area contributed by atoms with E-state index in [2.05, 4.69) is 0 Å². The van der Waals surface area contributed by atoms with Crippen LogP contribution in [0.3, 0.4) is 0 Å². The highest BCUT2D eigenvalue weighted by atomic mass is 35.6. The second-order valence-corrected chi connectivity index (χ2v) is 5.27. The zero-order valence-corrected chi connectivity index (χ0v) is 11.6. The number of alkyl halides is 8. The molecule has 0 aliphatic heterocycles. The van der Waals surface area contributed by atoms with Crippen molar-refractivity contribution >= 4 is 92.8 Å². The summed E-state index contributed by atoms with van der Waals surface area (Å²) in [5.41, 5.74) is 0. The topological polar surface area (TPSA) is 0 Å². The van der Waals surface area contributed by atoms with Crippen molar-refractivity contribution in [3.63, 3.8) is 0 Å². The lowest BCUT2D eigenvalue weighted by atomic mass is 10.9. The van der Waals surface area contributed by atoms with E-state index >= 15 is 0 Å². The van der Waals surface area contributed by atoms with E-state index in [1.165, 1.54) is 0 Å². The second-order valence-electron chi connectivity index (χ2n) is 0.894. The van der Waals surface area contributed by atoms with Gasteiger partial charge in [-0.1, -0.05) is 34.8 Å². The van der Waals surface area contributed by atoms with Crippen molar-refractivity contribution in [3.05, 3.63) is 0 Å². The van der Waals surface area contributed by atoms with E-state index in [9.17, 15) is 0 Å².